The molecule has 1 unspecified atom stereocenters. The molecule has 0 heterocycles. The average molecular weight is 263 g/mol. The number of benzene rings is 1. The lowest BCUT2D eigenvalue weighted by Gasteiger charge is -2.15. The molecule has 3 N–H and O–H groups in total. The summed E-state index contributed by atoms with van der Waals surface area (Å²) < 4.78 is 0. The number of carboxylic acid groups (broad SMARTS) is 1. The molecular formula is C16H25NO2. The van der Waals surface area contributed by atoms with E-state index in [0.29, 0.717) is 5.92 Å². The molecule has 0 aliphatic heterocycles. The van der Waals surface area contributed by atoms with E-state index in [1.165, 1.54) is 11.1 Å². The number of nitrogens with two attached hydrogens (primary N) is 1. The average Bonchev–Trinajstić information content (AvgIpc) is 2.30. The molecule has 0 spiro atoms. The quantitative estimate of drug-likeness (QED) is 0.757. The Morgan fingerprint density at radius 3 is 2.53 bits per heavy atom. The molecule has 0 fully saturated rings. The fourth-order valence-electron chi connectivity index (χ4n) is 2.35. The second kappa shape index (κ2) is 7.95. The Balaban J connectivity index is 2.21. The number of aryl methyl sites for hydroxylation is 2. The predicted octanol–water partition coefficient (Wildman–Crippen LogP) is 3.15. The van der Waals surface area contributed by atoms with Gasteiger partial charge >= 0.3 is 5.97 Å². The van der Waals surface area contributed by atoms with E-state index in [1.807, 2.05) is 0 Å². The molecule has 3 heteroatoms. The van der Waals surface area contributed by atoms with Crippen LogP contribution in [-0.4, -0.2) is 17.1 Å². The Hall–Kier alpha value is -1.35. The zero-order chi connectivity index (χ0) is 14.3. The summed E-state index contributed by atoms with van der Waals surface area (Å²) >= 11 is 0. The molecule has 106 valence electrons. The van der Waals surface area contributed by atoms with Crippen LogP contribution in [0.25, 0.3) is 0 Å². The third kappa shape index (κ3) is 6.97. The normalized spacial score (nSPS) is 14.1. The molecular weight excluding hydrogens is 238 g/mol. The highest BCUT2D eigenvalue weighted by Gasteiger charge is 2.12. The van der Waals surface area contributed by atoms with Crippen molar-refractivity contribution in [3.8, 4) is 0 Å². The highest BCUT2D eigenvalue weighted by molar-refractivity contribution is 5.67. The van der Waals surface area contributed by atoms with Crippen LogP contribution in [-0.2, 0) is 11.2 Å². The Bertz CT molecular complexity index is 386. The van der Waals surface area contributed by atoms with Crippen LogP contribution in [0.4, 0.5) is 0 Å². The van der Waals surface area contributed by atoms with Crippen LogP contribution in [0.3, 0.4) is 0 Å². The summed E-state index contributed by atoms with van der Waals surface area (Å²) in [5, 5.41) is 8.66. The minimum Gasteiger partial charge on any atom is -0.481 e. The van der Waals surface area contributed by atoms with Gasteiger partial charge in [-0.3, -0.25) is 4.79 Å². The predicted molar refractivity (Wildman–Crippen MR) is 78.1 cm³/mol. The maximum absolute atomic E-state index is 10.5. The van der Waals surface area contributed by atoms with Gasteiger partial charge in [0.15, 0.2) is 0 Å². The van der Waals surface area contributed by atoms with Gasteiger partial charge in [0.05, 0.1) is 6.42 Å². The first-order valence-corrected chi connectivity index (χ1v) is 7.00. The van der Waals surface area contributed by atoms with E-state index >= 15 is 0 Å². The third-order valence-electron chi connectivity index (χ3n) is 3.42. The van der Waals surface area contributed by atoms with Crippen molar-refractivity contribution in [3.63, 3.8) is 0 Å². The van der Waals surface area contributed by atoms with Crippen molar-refractivity contribution in [2.75, 3.05) is 0 Å². The summed E-state index contributed by atoms with van der Waals surface area (Å²) in [4.78, 5) is 10.5. The molecule has 3 nitrogen and oxygen atoms in total. The molecule has 0 saturated heterocycles. The molecule has 0 aliphatic carbocycles. The van der Waals surface area contributed by atoms with Gasteiger partial charge in [0, 0.05) is 6.04 Å². The molecule has 19 heavy (non-hydrogen) atoms. The minimum absolute atomic E-state index is 0.0717. The van der Waals surface area contributed by atoms with Crippen LogP contribution in [0, 0.1) is 12.8 Å². The third-order valence-corrected chi connectivity index (χ3v) is 3.42. The topological polar surface area (TPSA) is 63.3 Å². The van der Waals surface area contributed by atoms with Crippen molar-refractivity contribution in [2.24, 2.45) is 11.7 Å². The molecule has 2 atom stereocenters. The molecule has 0 bridgehead atoms. The maximum atomic E-state index is 10.5. The smallest absolute Gasteiger partial charge is 0.304 e. The monoisotopic (exact) mass is 263 g/mol. The summed E-state index contributed by atoms with van der Waals surface area (Å²) in [5.74, 6) is -0.320. The van der Waals surface area contributed by atoms with Crippen molar-refractivity contribution >= 4 is 5.97 Å². The van der Waals surface area contributed by atoms with E-state index in [2.05, 4.69) is 38.1 Å². The van der Waals surface area contributed by atoms with Crippen LogP contribution in [0.2, 0.25) is 0 Å². The van der Waals surface area contributed by atoms with Crippen LogP contribution in [0.1, 0.15) is 43.7 Å². The number of carbonyl (C=O) groups is 1. The van der Waals surface area contributed by atoms with E-state index < -0.39 is 5.97 Å². The number of carboxylic acids is 1. The molecule has 1 aromatic rings. The van der Waals surface area contributed by atoms with Gasteiger partial charge in [-0.2, -0.15) is 0 Å². The van der Waals surface area contributed by atoms with Gasteiger partial charge < -0.3 is 10.8 Å². The summed E-state index contributed by atoms with van der Waals surface area (Å²) in [7, 11) is 0. The summed E-state index contributed by atoms with van der Waals surface area (Å²) in [6, 6.07) is 8.42. The second-order valence-electron chi connectivity index (χ2n) is 5.58. The fraction of sp³-hybridized carbons (Fsp3) is 0.562. The van der Waals surface area contributed by atoms with Crippen molar-refractivity contribution in [1.29, 1.82) is 0 Å². The van der Waals surface area contributed by atoms with E-state index in [9.17, 15) is 4.79 Å². The van der Waals surface area contributed by atoms with Crippen molar-refractivity contribution in [2.45, 2.75) is 52.0 Å². The lowest BCUT2D eigenvalue weighted by molar-refractivity contribution is -0.137. The Labute approximate surface area is 115 Å². The summed E-state index contributed by atoms with van der Waals surface area (Å²) in [6.45, 7) is 4.24. The Morgan fingerprint density at radius 1 is 1.32 bits per heavy atom. The number of rotatable bonds is 8. The lowest BCUT2D eigenvalue weighted by atomic mass is 9.94. The first-order valence-electron chi connectivity index (χ1n) is 7.00. The van der Waals surface area contributed by atoms with Crippen molar-refractivity contribution in [3.05, 3.63) is 35.4 Å². The van der Waals surface area contributed by atoms with E-state index in [-0.39, 0.29) is 12.5 Å². The first-order chi connectivity index (χ1) is 8.97. The Morgan fingerprint density at radius 2 is 1.95 bits per heavy atom. The maximum Gasteiger partial charge on any atom is 0.304 e. The number of hydrogen-bond donors (Lipinski definition) is 2. The van der Waals surface area contributed by atoms with Gasteiger partial charge in [-0.15, -0.1) is 0 Å². The van der Waals surface area contributed by atoms with Gasteiger partial charge in [-0.1, -0.05) is 43.2 Å². The van der Waals surface area contributed by atoms with Crippen molar-refractivity contribution in [1.82, 2.24) is 0 Å². The molecule has 0 aromatic heterocycles. The standard InChI is InChI=1S/C16H25NO2/c1-12-6-8-14(9-7-12)5-3-4-13(2)10-15(17)11-16(18)19/h6-9,13,15H,3-5,10-11,17H2,1-2H3,(H,18,19)/t13-,15?/m0/s1. The van der Waals surface area contributed by atoms with E-state index in [4.69, 9.17) is 10.8 Å². The summed E-state index contributed by atoms with van der Waals surface area (Å²) in [6.07, 6.45) is 4.17. The number of aliphatic carboxylic acids is 1. The molecule has 0 aliphatic rings. The van der Waals surface area contributed by atoms with E-state index in [0.717, 1.165) is 25.7 Å². The molecule has 0 amide bonds. The molecule has 0 radical (unpaired) electrons. The lowest BCUT2D eigenvalue weighted by Crippen LogP contribution is -2.26. The zero-order valence-electron chi connectivity index (χ0n) is 11.9. The number of hydrogen-bond acceptors (Lipinski definition) is 2. The van der Waals surface area contributed by atoms with E-state index in [1.54, 1.807) is 0 Å². The van der Waals surface area contributed by atoms with Gasteiger partial charge in [0.1, 0.15) is 0 Å². The highest BCUT2D eigenvalue weighted by atomic mass is 16.4. The second-order valence-corrected chi connectivity index (χ2v) is 5.58. The minimum atomic E-state index is -0.806. The largest absolute Gasteiger partial charge is 0.481 e. The molecule has 1 rings (SSSR count). The zero-order valence-corrected chi connectivity index (χ0v) is 11.9. The fourth-order valence-corrected chi connectivity index (χ4v) is 2.35. The van der Waals surface area contributed by atoms with Gasteiger partial charge in [0.25, 0.3) is 0 Å². The highest BCUT2D eigenvalue weighted by Crippen LogP contribution is 2.16. The molecule has 1 aromatic carbocycles. The van der Waals surface area contributed by atoms with Crippen LogP contribution < -0.4 is 5.73 Å². The summed E-state index contributed by atoms with van der Waals surface area (Å²) in [5.41, 5.74) is 8.45. The Kier molecular flexibility index (Phi) is 6.57. The van der Waals surface area contributed by atoms with Gasteiger partial charge in [-0.05, 0) is 37.7 Å². The van der Waals surface area contributed by atoms with Gasteiger partial charge in [0.2, 0.25) is 0 Å². The first kappa shape index (κ1) is 15.7. The van der Waals surface area contributed by atoms with Crippen LogP contribution in [0.5, 0.6) is 0 Å². The molecule has 0 saturated carbocycles. The van der Waals surface area contributed by atoms with Crippen LogP contribution >= 0.6 is 0 Å². The van der Waals surface area contributed by atoms with Crippen molar-refractivity contribution < 1.29 is 9.90 Å². The van der Waals surface area contributed by atoms with Crippen LogP contribution in [0.15, 0.2) is 24.3 Å². The SMILES string of the molecule is Cc1ccc(CCC[C@H](C)CC(N)CC(=O)O)cc1. The van der Waals surface area contributed by atoms with Gasteiger partial charge in [-0.25, -0.2) is 0 Å².